The molecule has 1 aliphatic heterocycles. The monoisotopic (exact) mass is 457 g/mol. The van der Waals surface area contributed by atoms with Crippen LogP contribution in [-0.4, -0.2) is 37.1 Å². The van der Waals surface area contributed by atoms with Gasteiger partial charge in [0.2, 0.25) is 0 Å². The predicted octanol–water partition coefficient (Wildman–Crippen LogP) is 5.77. The van der Waals surface area contributed by atoms with Crippen LogP contribution in [0, 0.1) is 0 Å². The lowest BCUT2D eigenvalue weighted by molar-refractivity contribution is -0.157. The van der Waals surface area contributed by atoms with Crippen molar-refractivity contribution in [2.75, 3.05) is 26.2 Å². The van der Waals surface area contributed by atoms with E-state index in [1.807, 2.05) is 19.1 Å². The molecule has 34 heavy (non-hydrogen) atoms. The number of hydrogen-bond acceptors (Lipinski definition) is 4. The van der Waals surface area contributed by atoms with Crippen molar-refractivity contribution in [3.05, 3.63) is 101 Å². The Morgan fingerprint density at radius 3 is 2.35 bits per heavy atom. The Morgan fingerprint density at radius 2 is 1.68 bits per heavy atom. The predicted molar refractivity (Wildman–Crippen MR) is 136 cm³/mol. The second-order valence-corrected chi connectivity index (χ2v) is 9.12. The van der Waals surface area contributed by atoms with Gasteiger partial charge >= 0.3 is 5.97 Å². The number of aryl methyl sites for hydroxylation is 1. The summed E-state index contributed by atoms with van der Waals surface area (Å²) in [5.74, 6) is 0.624. The molecule has 178 valence electrons. The van der Waals surface area contributed by atoms with Crippen LogP contribution in [0.1, 0.15) is 48.9 Å². The van der Waals surface area contributed by atoms with Gasteiger partial charge in [-0.15, -0.1) is 0 Å². The number of hydrogen-bond donors (Lipinski definition) is 0. The maximum absolute atomic E-state index is 12.3. The molecule has 4 nitrogen and oxygen atoms in total. The van der Waals surface area contributed by atoms with Crippen molar-refractivity contribution in [3.8, 4) is 5.75 Å². The minimum atomic E-state index is -0.632. The van der Waals surface area contributed by atoms with Gasteiger partial charge in [0.15, 0.2) is 5.60 Å². The van der Waals surface area contributed by atoms with E-state index >= 15 is 0 Å². The first kappa shape index (κ1) is 24.0. The first-order valence-electron chi connectivity index (χ1n) is 12.3. The van der Waals surface area contributed by atoms with Crippen molar-refractivity contribution < 1.29 is 14.3 Å². The SMILES string of the molecule is CCOc1ccc(C2(OC(C)=O)CCN(CCCc3ccccc3)C2)c(Cc2ccccc2)c1. The van der Waals surface area contributed by atoms with Crippen LogP contribution in [-0.2, 0) is 28.0 Å². The van der Waals surface area contributed by atoms with Gasteiger partial charge < -0.3 is 9.47 Å². The normalized spacial score (nSPS) is 18.1. The molecule has 0 N–H and O–H groups in total. The molecule has 1 atom stereocenters. The minimum absolute atomic E-state index is 0.231. The van der Waals surface area contributed by atoms with E-state index in [0.717, 1.165) is 62.2 Å². The number of esters is 1. The summed E-state index contributed by atoms with van der Waals surface area (Å²) in [7, 11) is 0. The second-order valence-electron chi connectivity index (χ2n) is 9.12. The molecule has 1 aliphatic rings. The van der Waals surface area contributed by atoms with Crippen LogP contribution in [0.4, 0.5) is 0 Å². The first-order valence-corrected chi connectivity index (χ1v) is 12.3. The summed E-state index contributed by atoms with van der Waals surface area (Å²) in [5, 5.41) is 0. The minimum Gasteiger partial charge on any atom is -0.494 e. The lowest BCUT2D eigenvalue weighted by Gasteiger charge is -2.32. The van der Waals surface area contributed by atoms with Gasteiger partial charge in [-0.25, -0.2) is 0 Å². The molecular weight excluding hydrogens is 422 g/mol. The average molecular weight is 458 g/mol. The third-order valence-corrected chi connectivity index (χ3v) is 6.55. The van der Waals surface area contributed by atoms with Crippen LogP contribution in [0.15, 0.2) is 78.9 Å². The van der Waals surface area contributed by atoms with Gasteiger partial charge in [-0.2, -0.15) is 0 Å². The maximum Gasteiger partial charge on any atom is 0.303 e. The third-order valence-electron chi connectivity index (χ3n) is 6.55. The molecule has 0 spiro atoms. The number of likely N-dealkylation sites (tertiary alicyclic amines) is 1. The maximum atomic E-state index is 12.3. The summed E-state index contributed by atoms with van der Waals surface area (Å²) in [6, 6.07) is 27.3. The average Bonchev–Trinajstić information content (AvgIpc) is 3.23. The molecule has 1 unspecified atom stereocenters. The fourth-order valence-electron chi connectivity index (χ4n) is 5.07. The van der Waals surface area contributed by atoms with Crippen LogP contribution >= 0.6 is 0 Å². The Labute approximate surface area is 203 Å². The van der Waals surface area contributed by atoms with Crippen LogP contribution < -0.4 is 4.74 Å². The van der Waals surface area contributed by atoms with E-state index in [9.17, 15) is 4.79 Å². The number of ether oxygens (including phenoxy) is 2. The zero-order valence-corrected chi connectivity index (χ0v) is 20.3. The Hall–Kier alpha value is -3.11. The Bertz CT molecular complexity index is 1070. The van der Waals surface area contributed by atoms with Gasteiger partial charge in [-0.3, -0.25) is 9.69 Å². The molecule has 0 radical (unpaired) electrons. The highest BCUT2D eigenvalue weighted by molar-refractivity contribution is 5.67. The van der Waals surface area contributed by atoms with Crippen molar-refractivity contribution in [1.82, 2.24) is 4.90 Å². The van der Waals surface area contributed by atoms with Gasteiger partial charge in [-0.1, -0.05) is 66.7 Å². The van der Waals surface area contributed by atoms with E-state index < -0.39 is 5.60 Å². The highest BCUT2D eigenvalue weighted by atomic mass is 16.6. The number of carbonyl (C=O) groups is 1. The Balaban J connectivity index is 1.57. The first-order chi connectivity index (χ1) is 16.6. The largest absolute Gasteiger partial charge is 0.494 e. The fraction of sp³-hybridized carbons (Fsp3) is 0.367. The number of rotatable bonds is 10. The van der Waals surface area contributed by atoms with Gasteiger partial charge in [-0.05, 0) is 61.6 Å². The lowest BCUT2D eigenvalue weighted by atomic mass is 9.86. The quantitative estimate of drug-likeness (QED) is 0.362. The van der Waals surface area contributed by atoms with Crippen molar-refractivity contribution in [2.24, 2.45) is 0 Å². The van der Waals surface area contributed by atoms with Gasteiger partial charge in [0.05, 0.1) is 6.61 Å². The summed E-state index contributed by atoms with van der Waals surface area (Å²) < 4.78 is 12.0. The molecule has 3 aromatic carbocycles. The summed E-state index contributed by atoms with van der Waals surface area (Å²) >= 11 is 0. The highest BCUT2D eigenvalue weighted by Gasteiger charge is 2.43. The van der Waals surface area contributed by atoms with Crippen LogP contribution in [0.3, 0.4) is 0 Å². The van der Waals surface area contributed by atoms with Gasteiger partial charge in [0.1, 0.15) is 5.75 Å². The van der Waals surface area contributed by atoms with E-state index in [1.165, 1.54) is 18.1 Å². The van der Waals surface area contributed by atoms with Crippen LogP contribution in [0.5, 0.6) is 5.75 Å². The molecule has 1 heterocycles. The third kappa shape index (κ3) is 6.06. The van der Waals surface area contributed by atoms with E-state index in [2.05, 4.69) is 71.6 Å². The van der Waals surface area contributed by atoms with Crippen molar-refractivity contribution in [2.45, 2.75) is 45.1 Å². The standard InChI is InChI=1S/C30H35NO3/c1-3-33-28-16-17-29(27(22-28)21-26-13-8-5-9-14-26)30(34-24(2)32)18-20-31(23-30)19-10-15-25-11-6-4-7-12-25/h4-9,11-14,16-17,22H,3,10,15,18-21,23H2,1-2H3. The molecule has 4 heteroatoms. The smallest absolute Gasteiger partial charge is 0.303 e. The molecule has 0 bridgehead atoms. The molecule has 3 aromatic rings. The van der Waals surface area contributed by atoms with Crippen molar-refractivity contribution in [1.29, 1.82) is 0 Å². The zero-order valence-electron chi connectivity index (χ0n) is 20.3. The van der Waals surface area contributed by atoms with Crippen molar-refractivity contribution >= 4 is 5.97 Å². The Kier molecular flexibility index (Phi) is 8.02. The van der Waals surface area contributed by atoms with E-state index in [-0.39, 0.29) is 5.97 Å². The molecular formula is C30H35NO3. The fourth-order valence-corrected chi connectivity index (χ4v) is 5.07. The van der Waals surface area contributed by atoms with Crippen molar-refractivity contribution in [3.63, 3.8) is 0 Å². The highest BCUT2D eigenvalue weighted by Crippen LogP contribution is 2.40. The van der Waals surface area contributed by atoms with Crippen LogP contribution in [0.2, 0.25) is 0 Å². The van der Waals surface area contributed by atoms with Gasteiger partial charge in [0.25, 0.3) is 0 Å². The number of nitrogens with zero attached hydrogens (tertiary/aromatic N) is 1. The molecule has 0 aliphatic carbocycles. The van der Waals surface area contributed by atoms with E-state index in [0.29, 0.717) is 6.61 Å². The number of carbonyl (C=O) groups excluding carboxylic acids is 1. The molecule has 1 saturated heterocycles. The molecule has 1 fully saturated rings. The van der Waals surface area contributed by atoms with Crippen LogP contribution in [0.25, 0.3) is 0 Å². The van der Waals surface area contributed by atoms with E-state index in [4.69, 9.17) is 9.47 Å². The molecule has 0 aromatic heterocycles. The molecule has 0 amide bonds. The summed E-state index contributed by atoms with van der Waals surface area (Å²) in [6.07, 6.45) is 3.71. The Morgan fingerprint density at radius 1 is 0.971 bits per heavy atom. The van der Waals surface area contributed by atoms with Gasteiger partial charge in [0, 0.05) is 32.0 Å². The summed E-state index contributed by atoms with van der Waals surface area (Å²) in [4.78, 5) is 14.7. The van der Waals surface area contributed by atoms with E-state index in [1.54, 1.807) is 0 Å². The summed E-state index contributed by atoms with van der Waals surface area (Å²) in [6.45, 7) is 6.76. The molecule has 4 rings (SSSR count). The topological polar surface area (TPSA) is 38.8 Å². The number of benzene rings is 3. The molecule has 0 saturated carbocycles. The zero-order chi connectivity index (χ0) is 23.8. The second kappa shape index (κ2) is 11.3. The summed E-state index contributed by atoms with van der Waals surface area (Å²) in [5.41, 5.74) is 4.22. The lowest BCUT2D eigenvalue weighted by Crippen LogP contribution is -2.36.